The highest BCUT2D eigenvalue weighted by atomic mass is 32.2. The molecule has 15 heavy (non-hydrogen) atoms. The summed E-state index contributed by atoms with van der Waals surface area (Å²) in [6.45, 7) is 7.16. The Balaban J connectivity index is 2.27. The number of carbonyl (C=O) groups excluding carboxylic acids is 2. The van der Waals surface area contributed by atoms with Gasteiger partial charge in [-0.2, -0.15) is 0 Å². The van der Waals surface area contributed by atoms with Crippen LogP contribution < -0.4 is 0 Å². The van der Waals surface area contributed by atoms with Gasteiger partial charge in [0.15, 0.2) is 5.12 Å². The van der Waals surface area contributed by atoms with Gasteiger partial charge >= 0.3 is 5.97 Å². The summed E-state index contributed by atoms with van der Waals surface area (Å²) in [5.41, 5.74) is -0.407. The molecule has 0 atom stereocenters. The molecule has 0 bridgehead atoms. The number of rotatable bonds is 2. The molecule has 1 fully saturated rings. The van der Waals surface area contributed by atoms with Crippen molar-refractivity contribution in [2.45, 2.75) is 51.4 Å². The van der Waals surface area contributed by atoms with Gasteiger partial charge in [0.2, 0.25) is 0 Å². The van der Waals surface area contributed by atoms with Crippen LogP contribution >= 0.6 is 11.8 Å². The Kier molecular flexibility index (Phi) is 3.82. The molecule has 0 aromatic heterocycles. The van der Waals surface area contributed by atoms with Gasteiger partial charge in [0.05, 0.1) is 5.92 Å². The van der Waals surface area contributed by atoms with E-state index in [4.69, 9.17) is 4.74 Å². The van der Waals surface area contributed by atoms with Crippen LogP contribution in [0.25, 0.3) is 0 Å². The van der Waals surface area contributed by atoms with Crippen LogP contribution in [0.2, 0.25) is 0 Å². The van der Waals surface area contributed by atoms with Crippen LogP contribution in [-0.2, 0) is 14.3 Å². The minimum Gasteiger partial charge on any atom is -0.460 e. The van der Waals surface area contributed by atoms with Gasteiger partial charge in [0, 0.05) is 12.2 Å². The van der Waals surface area contributed by atoms with Crippen molar-refractivity contribution in [3.63, 3.8) is 0 Å². The lowest BCUT2D eigenvalue weighted by Crippen LogP contribution is -2.37. The molecule has 1 aliphatic rings. The molecule has 0 heterocycles. The first-order valence-electron chi connectivity index (χ1n) is 5.18. The molecule has 0 aromatic rings. The van der Waals surface area contributed by atoms with E-state index >= 15 is 0 Å². The first-order chi connectivity index (χ1) is 6.78. The van der Waals surface area contributed by atoms with Crippen molar-refractivity contribution in [1.29, 1.82) is 0 Å². The smallest absolute Gasteiger partial charge is 0.309 e. The van der Waals surface area contributed by atoms with Gasteiger partial charge < -0.3 is 4.74 Å². The molecule has 0 N–H and O–H groups in total. The number of hydrogen-bond acceptors (Lipinski definition) is 4. The van der Waals surface area contributed by atoms with Crippen molar-refractivity contribution in [3.8, 4) is 0 Å². The minimum atomic E-state index is -0.407. The lowest BCUT2D eigenvalue weighted by molar-refractivity contribution is -0.162. The second-order valence-corrected chi connectivity index (χ2v) is 6.41. The van der Waals surface area contributed by atoms with Crippen molar-refractivity contribution in [1.82, 2.24) is 0 Å². The molecular formula is C11H18O3S. The fourth-order valence-electron chi connectivity index (χ4n) is 1.47. The topological polar surface area (TPSA) is 43.4 Å². The molecule has 0 amide bonds. The lowest BCUT2D eigenvalue weighted by Gasteiger charge is -2.34. The summed E-state index contributed by atoms with van der Waals surface area (Å²) in [6.07, 6.45) is 1.55. The summed E-state index contributed by atoms with van der Waals surface area (Å²) in [5, 5.41) is 0.447. The molecule has 0 aromatic carbocycles. The maximum absolute atomic E-state index is 11.6. The summed E-state index contributed by atoms with van der Waals surface area (Å²) in [4.78, 5) is 22.4. The number of carbonyl (C=O) groups is 2. The van der Waals surface area contributed by atoms with Crippen LogP contribution in [0.5, 0.6) is 0 Å². The van der Waals surface area contributed by atoms with Crippen molar-refractivity contribution in [2.24, 2.45) is 5.92 Å². The molecule has 4 heteroatoms. The van der Waals surface area contributed by atoms with Crippen LogP contribution in [0.3, 0.4) is 0 Å². The van der Waals surface area contributed by atoms with E-state index in [0.29, 0.717) is 5.25 Å². The molecular weight excluding hydrogens is 212 g/mol. The Hall–Kier alpha value is -0.510. The highest BCUT2D eigenvalue weighted by Crippen LogP contribution is 2.38. The third-order valence-corrected chi connectivity index (χ3v) is 3.22. The molecule has 0 unspecified atom stereocenters. The summed E-state index contributed by atoms with van der Waals surface area (Å²) in [5.74, 6) is -0.121. The van der Waals surface area contributed by atoms with E-state index < -0.39 is 5.60 Å². The quantitative estimate of drug-likeness (QED) is 0.683. The van der Waals surface area contributed by atoms with Gasteiger partial charge in [0.1, 0.15) is 5.60 Å². The molecule has 1 aliphatic carbocycles. The molecule has 0 saturated heterocycles. The second-order valence-electron chi connectivity index (χ2n) is 4.93. The Morgan fingerprint density at radius 2 is 1.80 bits per heavy atom. The zero-order chi connectivity index (χ0) is 11.6. The first-order valence-corrected chi connectivity index (χ1v) is 6.06. The Morgan fingerprint density at radius 3 is 2.20 bits per heavy atom. The van der Waals surface area contributed by atoms with E-state index in [0.717, 1.165) is 12.8 Å². The fraction of sp³-hybridized carbons (Fsp3) is 0.818. The highest BCUT2D eigenvalue weighted by Gasteiger charge is 2.38. The summed E-state index contributed by atoms with van der Waals surface area (Å²) in [6, 6.07) is 0. The zero-order valence-electron chi connectivity index (χ0n) is 9.70. The van der Waals surface area contributed by atoms with Crippen molar-refractivity contribution in [3.05, 3.63) is 0 Å². The first kappa shape index (κ1) is 12.6. The molecule has 0 radical (unpaired) electrons. The van der Waals surface area contributed by atoms with Crippen LogP contribution in [0, 0.1) is 5.92 Å². The molecule has 0 spiro atoms. The average molecular weight is 230 g/mol. The summed E-state index contributed by atoms with van der Waals surface area (Å²) >= 11 is 1.33. The number of ether oxygens (including phenoxy) is 1. The van der Waals surface area contributed by atoms with Gasteiger partial charge in [-0.3, -0.25) is 9.59 Å². The van der Waals surface area contributed by atoms with E-state index in [1.54, 1.807) is 6.92 Å². The van der Waals surface area contributed by atoms with E-state index in [1.165, 1.54) is 11.8 Å². The van der Waals surface area contributed by atoms with Crippen LogP contribution in [0.4, 0.5) is 0 Å². The molecule has 1 rings (SSSR count). The molecule has 86 valence electrons. The van der Waals surface area contributed by atoms with E-state index in [1.807, 2.05) is 20.8 Å². The van der Waals surface area contributed by atoms with Gasteiger partial charge in [-0.1, -0.05) is 11.8 Å². The van der Waals surface area contributed by atoms with E-state index in [-0.39, 0.29) is 17.0 Å². The Bertz CT molecular complexity index is 261. The van der Waals surface area contributed by atoms with Crippen LogP contribution in [0.1, 0.15) is 40.5 Å². The zero-order valence-corrected chi connectivity index (χ0v) is 10.5. The average Bonchev–Trinajstić information content (AvgIpc) is 1.91. The number of hydrogen-bond donors (Lipinski definition) is 0. The maximum atomic E-state index is 11.6. The Labute approximate surface area is 94.9 Å². The van der Waals surface area contributed by atoms with Crippen molar-refractivity contribution < 1.29 is 14.3 Å². The normalized spacial score (nSPS) is 25.6. The monoisotopic (exact) mass is 230 g/mol. The van der Waals surface area contributed by atoms with Gasteiger partial charge in [-0.15, -0.1) is 0 Å². The lowest BCUT2D eigenvalue weighted by atomic mass is 9.85. The van der Waals surface area contributed by atoms with E-state index in [2.05, 4.69) is 0 Å². The summed E-state index contributed by atoms with van der Waals surface area (Å²) in [7, 11) is 0. The molecule has 1 saturated carbocycles. The standard InChI is InChI=1S/C11H18O3S/c1-7(12)15-9-5-8(6-9)10(13)14-11(2,3)4/h8-9H,5-6H2,1-4H3/t8-,9-. The third-order valence-electron chi connectivity index (χ3n) is 2.17. The van der Waals surface area contributed by atoms with Crippen molar-refractivity contribution in [2.75, 3.05) is 0 Å². The highest BCUT2D eigenvalue weighted by molar-refractivity contribution is 8.14. The minimum absolute atomic E-state index is 0.000995. The SMILES string of the molecule is CC(=O)S[C@H]1C[C@H](C(=O)OC(C)(C)C)C1. The predicted octanol–water partition coefficient (Wildman–Crippen LogP) is 2.39. The van der Waals surface area contributed by atoms with Gasteiger partial charge in [-0.05, 0) is 33.6 Å². The molecule has 3 nitrogen and oxygen atoms in total. The van der Waals surface area contributed by atoms with Gasteiger partial charge in [0.25, 0.3) is 0 Å². The molecule has 0 aliphatic heterocycles. The van der Waals surface area contributed by atoms with Crippen LogP contribution in [0.15, 0.2) is 0 Å². The third kappa shape index (κ3) is 4.24. The maximum Gasteiger partial charge on any atom is 0.309 e. The predicted molar refractivity (Wildman–Crippen MR) is 60.6 cm³/mol. The largest absolute Gasteiger partial charge is 0.460 e. The summed E-state index contributed by atoms with van der Waals surface area (Å²) < 4.78 is 5.26. The van der Waals surface area contributed by atoms with Gasteiger partial charge in [-0.25, -0.2) is 0 Å². The van der Waals surface area contributed by atoms with E-state index in [9.17, 15) is 9.59 Å². The fourth-order valence-corrected chi connectivity index (χ4v) is 2.60. The Morgan fingerprint density at radius 1 is 1.27 bits per heavy atom. The van der Waals surface area contributed by atoms with Crippen molar-refractivity contribution >= 4 is 22.8 Å². The number of esters is 1. The van der Waals surface area contributed by atoms with Crippen LogP contribution in [-0.4, -0.2) is 21.9 Å². The number of thioether (sulfide) groups is 1. The second kappa shape index (κ2) is 4.56.